The maximum atomic E-state index is 5.20. The Balaban J connectivity index is 2.59. The van der Waals surface area contributed by atoms with Gasteiger partial charge in [-0.3, -0.25) is 0 Å². The van der Waals surface area contributed by atoms with Crippen LogP contribution < -0.4 is 10.6 Å². The van der Waals surface area contributed by atoms with Crippen LogP contribution in [0.4, 0.5) is 5.82 Å². The highest BCUT2D eigenvalue weighted by Crippen LogP contribution is 2.12. The Hall–Kier alpha value is -1.13. The predicted molar refractivity (Wildman–Crippen MR) is 80.5 cm³/mol. The van der Waals surface area contributed by atoms with Crippen LogP contribution in [0.3, 0.4) is 0 Å². The van der Waals surface area contributed by atoms with Gasteiger partial charge >= 0.3 is 0 Å². The number of rotatable bonds is 6. The second-order valence-corrected chi connectivity index (χ2v) is 5.97. The number of methoxy groups -OCH3 is 1. The molecule has 4 nitrogen and oxygen atoms in total. The summed E-state index contributed by atoms with van der Waals surface area (Å²) in [6, 6.07) is 4.15. The normalized spacial score (nSPS) is 13.4. The van der Waals surface area contributed by atoms with E-state index in [-0.39, 0.29) is 11.6 Å². The van der Waals surface area contributed by atoms with Gasteiger partial charge in [-0.05, 0) is 46.2 Å². The molecule has 1 heterocycles. The van der Waals surface area contributed by atoms with E-state index in [1.807, 2.05) is 19.9 Å². The minimum atomic E-state index is 0.122. The molecule has 0 radical (unpaired) electrons. The number of pyridine rings is 1. The van der Waals surface area contributed by atoms with Crippen LogP contribution in [0.1, 0.15) is 39.0 Å². The van der Waals surface area contributed by atoms with E-state index in [1.165, 1.54) is 5.56 Å². The van der Waals surface area contributed by atoms with Gasteiger partial charge in [-0.2, -0.15) is 0 Å². The Morgan fingerprint density at radius 3 is 2.53 bits per heavy atom. The molecule has 0 fully saturated rings. The number of ether oxygens (including phenoxy) is 1. The summed E-state index contributed by atoms with van der Waals surface area (Å²) in [5.74, 6) is 0.904. The Bertz CT molecular complexity index is 399. The van der Waals surface area contributed by atoms with Crippen molar-refractivity contribution >= 4 is 5.82 Å². The molecule has 2 N–H and O–H groups in total. The van der Waals surface area contributed by atoms with Crippen molar-refractivity contribution in [3.05, 3.63) is 23.4 Å². The summed E-state index contributed by atoms with van der Waals surface area (Å²) in [6.07, 6.45) is 0.185. The third kappa shape index (κ3) is 6.03. The van der Waals surface area contributed by atoms with Crippen molar-refractivity contribution in [2.75, 3.05) is 19.0 Å². The highest BCUT2D eigenvalue weighted by molar-refractivity contribution is 5.38. The van der Waals surface area contributed by atoms with Crippen LogP contribution in [0.15, 0.2) is 12.1 Å². The summed E-state index contributed by atoms with van der Waals surface area (Å²) in [4.78, 5) is 4.57. The van der Waals surface area contributed by atoms with Crippen molar-refractivity contribution in [3.8, 4) is 0 Å². The third-order valence-corrected chi connectivity index (χ3v) is 2.98. The Morgan fingerprint density at radius 2 is 2.00 bits per heavy atom. The molecule has 1 unspecified atom stereocenters. The summed E-state index contributed by atoms with van der Waals surface area (Å²) < 4.78 is 5.20. The first-order valence-electron chi connectivity index (χ1n) is 6.80. The van der Waals surface area contributed by atoms with E-state index >= 15 is 0 Å². The van der Waals surface area contributed by atoms with E-state index in [1.54, 1.807) is 7.11 Å². The second-order valence-electron chi connectivity index (χ2n) is 5.97. The van der Waals surface area contributed by atoms with Gasteiger partial charge in [-0.1, -0.05) is 6.07 Å². The van der Waals surface area contributed by atoms with Gasteiger partial charge < -0.3 is 15.4 Å². The van der Waals surface area contributed by atoms with Crippen LogP contribution in [0.5, 0.6) is 0 Å². The zero-order valence-corrected chi connectivity index (χ0v) is 13.0. The average Bonchev–Trinajstić information content (AvgIpc) is 2.33. The van der Waals surface area contributed by atoms with E-state index in [4.69, 9.17) is 4.74 Å². The molecule has 1 rings (SSSR count). The second kappa shape index (κ2) is 6.87. The predicted octanol–water partition coefficient (Wildman–Crippen LogP) is 2.72. The number of anilines is 1. The van der Waals surface area contributed by atoms with Crippen LogP contribution in [0.2, 0.25) is 0 Å². The van der Waals surface area contributed by atoms with E-state index in [0.29, 0.717) is 0 Å². The molecule has 0 aliphatic rings. The Labute approximate surface area is 117 Å². The molecular formula is C15H27N3O. The zero-order valence-electron chi connectivity index (χ0n) is 13.0. The summed E-state index contributed by atoms with van der Waals surface area (Å²) in [5, 5.41) is 6.76. The fourth-order valence-corrected chi connectivity index (χ4v) is 1.57. The monoisotopic (exact) mass is 265 g/mol. The lowest BCUT2D eigenvalue weighted by Gasteiger charge is -2.21. The molecule has 4 heteroatoms. The van der Waals surface area contributed by atoms with E-state index in [9.17, 15) is 0 Å². The third-order valence-electron chi connectivity index (χ3n) is 2.98. The summed E-state index contributed by atoms with van der Waals surface area (Å²) in [6.45, 7) is 12.2. The number of hydrogen-bond donors (Lipinski definition) is 2. The van der Waals surface area contributed by atoms with Gasteiger partial charge in [0.1, 0.15) is 5.82 Å². The van der Waals surface area contributed by atoms with Gasteiger partial charge in [0.05, 0.1) is 6.10 Å². The first kappa shape index (κ1) is 15.9. The minimum Gasteiger partial charge on any atom is -0.380 e. The smallest absolute Gasteiger partial charge is 0.126 e. The van der Waals surface area contributed by atoms with Gasteiger partial charge in [0.15, 0.2) is 0 Å². The van der Waals surface area contributed by atoms with Crippen LogP contribution in [0.25, 0.3) is 0 Å². The number of hydrogen-bond acceptors (Lipinski definition) is 4. The number of aromatic nitrogens is 1. The van der Waals surface area contributed by atoms with E-state index < -0.39 is 0 Å². The average molecular weight is 265 g/mol. The fourth-order valence-electron chi connectivity index (χ4n) is 1.57. The van der Waals surface area contributed by atoms with Crippen LogP contribution in [0, 0.1) is 6.92 Å². The number of nitrogens with zero attached hydrogens (tertiary/aromatic N) is 1. The molecule has 0 amide bonds. The molecule has 0 spiro atoms. The van der Waals surface area contributed by atoms with Crippen molar-refractivity contribution in [2.24, 2.45) is 0 Å². The molecule has 1 aromatic rings. The molecule has 0 saturated carbocycles. The van der Waals surface area contributed by atoms with E-state index in [0.717, 1.165) is 24.6 Å². The molecular weight excluding hydrogens is 238 g/mol. The SMILES string of the molecule is COC(C)CNc1ccc(CNC(C)(C)C)c(C)n1. The molecule has 0 aliphatic heterocycles. The van der Waals surface area contributed by atoms with Gasteiger partial charge in [0, 0.05) is 31.4 Å². The van der Waals surface area contributed by atoms with Crippen LogP contribution in [-0.4, -0.2) is 30.3 Å². The topological polar surface area (TPSA) is 46.2 Å². The van der Waals surface area contributed by atoms with Crippen molar-refractivity contribution in [1.29, 1.82) is 0 Å². The van der Waals surface area contributed by atoms with Crippen molar-refractivity contribution in [3.63, 3.8) is 0 Å². The first-order valence-corrected chi connectivity index (χ1v) is 6.80. The highest BCUT2D eigenvalue weighted by Gasteiger charge is 2.10. The lowest BCUT2D eigenvalue weighted by molar-refractivity contribution is 0.128. The van der Waals surface area contributed by atoms with E-state index in [2.05, 4.69) is 42.5 Å². The lowest BCUT2D eigenvalue weighted by atomic mass is 10.1. The summed E-state index contributed by atoms with van der Waals surface area (Å²) >= 11 is 0. The quantitative estimate of drug-likeness (QED) is 0.830. The summed E-state index contributed by atoms with van der Waals surface area (Å²) in [5.41, 5.74) is 2.42. The van der Waals surface area contributed by atoms with Gasteiger partial charge in [0.2, 0.25) is 0 Å². The van der Waals surface area contributed by atoms with Gasteiger partial charge in [-0.15, -0.1) is 0 Å². The maximum absolute atomic E-state index is 5.20. The summed E-state index contributed by atoms with van der Waals surface area (Å²) in [7, 11) is 1.71. The minimum absolute atomic E-state index is 0.122. The van der Waals surface area contributed by atoms with Crippen molar-refractivity contribution in [1.82, 2.24) is 10.3 Å². The first-order chi connectivity index (χ1) is 8.81. The zero-order chi connectivity index (χ0) is 14.5. The fraction of sp³-hybridized carbons (Fsp3) is 0.667. The number of aryl methyl sites for hydroxylation is 1. The molecule has 19 heavy (non-hydrogen) atoms. The van der Waals surface area contributed by atoms with Crippen molar-refractivity contribution in [2.45, 2.75) is 52.8 Å². The van der Waals surface area contributed by atoms with Crippen LogP contribution in [-0.2, 0) is 11.3 Å². The molecule has 108 valence electrons. The molecule has 0 aromatic carbocycles. The van der Waals surface area contributed by atoms with Gasteiger partial charge in [-0.25, -0.2) is 4.98 Å². The Kier molecular flexibility index (Phi) is 5.76. The maximum Gasteiger partial charge on any atom is 0.126 e. The molecule has 1 atom stereocenters. The highest BCUT2D eigenvalue weighted by atomic mass is 16.5. The van der Waals surface area contributed by atoms with Crippen molar-refractivity contribution < 1.29 is 4.74 Å². The standard InChI is InChI=1S/C15H27N3O/c1-11(19-6)9-16-14-8-7-13(12(2)18-14)10-17-15(3,4)5/h7-8,11,17H,9-10H2,1-6H3,(H,16,18). The molecule has 0 aliphatic carbocycles. The largest absolute Gasteiger partial charge is 0.380 e. The van der Waals surface area contributed by atoms with Gasteiger partial charge in [0.25, 0.3) is 0 Å². The molecule has 0 bridgehead atoms. The van der Waals surface area contributed by atoms with Crippen LogP contribution >= 0.6 is 0 Å². The lowest BCUT2D eigenvalue weighted by Crippen LogP contribution is -2.35. The Morgan fingerprint density at radius 1 is 1.32 bits per heavy atom. The molecule has 1 aromatic heterocycles. The number of nitrogens with one attached hydrogen (secondary N) is 2. The molecule has 0 saturated heterocycles.